The summed E-state index contributed by atoms with van der Waals surface area (Å²) >= 11 is 2.77. The van der Waals surface area contributed by atoms with Gasteiger partial charge in [0.1, 0.15) is 11.9 Å². The van der Waals surface area contributed by atoms with Crippen LogP contribution in [0.1, 0.15) is 106 Å². The van der Waals surface area contributed by atoms with Gasteiger partial charge in [-0.3, -0.25) is 4.79 Å². The summed E-state index contributed by atoms with van der Waals surface area (Å²) in [6, 6.07) is 14.7. The van der Waals surface area contributed by atoms with Crippen molar-refractivity contribution in [3.8, 4) is 5.75 Å². The minimum Gasteiger partial charge on any atom is -0.506 e. The molecule has 4 N–H and O–H groups in total. The number of aromatic amines is 1. The molecule has 0 aliphatic heterocycles. The monoisotopic (exact) mass is 821 g/mol. The molecule has 0 spiro atoms. The van der Waals surface area contributed by atoms with Gasteiger partial charge in [-0.05, 0) is 117 Å². The van der Waals surface area contributed by atoms with Crippen molar-refractivity contribution in [2.24, 2.45) is 11.8 Å². The Bertz CT molecular complexity index is 1890. The molecular formula is C44H63N3O6S2Si. The van der Waals surface area contributed by atoms with E-state index < -0.39 is 19.9 Å². The lowest BCUT2D eigenvalue weighted by atomic mass is 9.96. The molecule has 3 aromatic heterocycles. The van der Waals surface area contributed by atoms with E-state index in [9.17, 15) is 19.8 Å². The second kappa shape index (κ2) is 18.4. The minimum atomic E-state index is -2.11. The molecule has 56 heavy (non-hydrogen) atoms. The lowest BCUT2D eigenvalue weighted by Crippen LogP contribution is -2.43. The number of phenolic OH excluding ortho intramolecular Hbond substituents is 1. The molecule has 5 atom stereocenters. The number of unbranched alkanes of at least 4 members (excludes halogenated alkanes) is 6. The number of nitrogens with one attached hydrogen (secondary N) is 2. The summed E-state index contributed by atoms with van der Waals surface area (Å²) in [5.41, 5.74) is -0.551. The number of hydrogen-bond acceptors (Lipinski definition) is 10. The summed E-state index contributed by atoms with van der Waals surface area (Å²) in [5, 5.41) is 30.5. The van der Waals surface area contributed by atoms with Crippen molar-refractivity contribution in [1.29, 1.82) is 0 Å². The summed E-state index contributed by atoms with van der Waals surface area (Å²) in [6.45, 7) is 13.9. The first-order chi connectivity index (χ1) is 26.7. The Labute approximate surface area is 342 Å². The van der Waals surface area contributed by atoms with Crippen LogP contribution >= 0.6 is 22.7 Å². The molecule has 6 rings (SSSR count). The summed E-state index contributed by atoms with van der Waals surface area (Å²) in [4.78, 5) is 32.2. The zero-order valence-electron chi connectivity index (χ0n) is 34.1. The SMILES string of the molecule is CN(CCCCCCCCCNCC(O[Si](C)(C)C(C)(C)C)c1ccc(O)c2[nH]c(=O)ccc12)C1C2CCC1C(OC(=O)C(O)(c1cccs1)c1cccs1)C2. The number of aromatic hydroxyl groups is 1. The lowest BCUT2D eigenvalue weighted by molar-refractivity contribution is -0.170. The highest BCUT2D eigenvalue weighted by atomic mass is 32.1. The number of esters is 1. The first-order valence-corrected chi connectivity index (χ1v) is 25.3. The van der Waals surface area contributed by atoms with Gasteiger partial charge in [0, 0.05) is 30.0 Å². The van der Waals surface area contributed by atoms with Gasteiger partial charge in [0.15, 0.2) is 8.32 Å². The van der Waals surface area contributed by atoms with Gasteiger partial charge in [0.05, 0.1) is 21.4 Å². The van der Waals surface area contributed by atoms with Crippen LogP contribution in [0.5, 0.6) is 5.75 Å². The van der Waals surface area contributed by atoms with Gasteiger partial charge in [-0.15, -0.1) is 22.7 Å². The van der Waals surface area contributed by atoms with E-state index in [1.807, 2.05) is 41.1 Å². The average Bonchev–Trinajstić information content (AvgIpc) is 3.99. The van der Waals surface area contributed by atoms with Crippen LogP contribution in [0.15, 0.2) is 64.1 Å². The Morgan fingerprint density at radius 2 is 1.62 bits per heavy atom. The molecular weight excluding hydrogens is 759 g/mol. The first-order valence-electron chi connectivity index (χ1n) is 20.7. The number of pyridine rings is 1. The van der Waals surface area contributed by atoms with E-state index in [0.29, 0.717) is 39.7 Å². The molecule has 4 aromatic rings. The molecule has 1 aromatic carbocycles. The summed E-state index contributed by atoms with van der Waals surface area (Å²) in [6.07, 6.45) is 11.2. The third-order valence-corrected chi connectivity index (χ3v) is 19.3. The Morgan fingerprint density at radius 3 is 2.27 bits per heavy atom. The number of carbonyl (C=O) groups excluding carboxylic acids is 1. The number of nitrogens with zero attached hydrogens (tertiary/aromatic N) is 1. The predicted octanol–water partition coefficient (Wildman–Crippen LogP) is 9.32. The van der Waals surface area contributed by atoms with Gasteiger partial charge in [-0.1, -0.05) is 71.1 Å². The largest absolute Gasteiger partial charge is 0.506 e. The van der Waals surface area contributed by atoms with Crippen molar-refractivity contribution in [3.05, 3.63) is 85.0 Å². The summed E-state index contributed by atoms with van der Waals surface area (Å²) in [7, 11) is 0.129. The molecule has 306 valence electrons. The number of rotatable bonds is 20. The van der Waals surface area contributed by atoms with Gasteiger partial charge in [0.25, 0.3) is 0 Å². The molecule has 0 amide bonds. The van der Waals surface area contributed by atoms with Crippen LogP contribution in [0.2, 0.25) is 18.1 Å². The van der Waals surface area contributed by atoms with E-state index >= 15 is 0 Å². The van der Waals surface area contributed by atoms with Gasteiger partial charge in [-0.25, -0.2) is 4.79 Å². The molecule has 2 aliphatic rings. The van der Waals surface area contributed by atoms with Gasteiger partial charge in [-0.2, -0.15) is 0 Å². The number of H-pyrrole nitrogens is 1. The maximum Gasteiger partial charge on any atom is 0.349 e. The zero-order valence-corrected chi connectivity index (χ0v) is 36.8. The number of phenols is 1. The number of aliphatic hydroxyl groups is 1. The van der Waals surface area contributed by atoms with E-state index in [1.165, 1.54) is 73.7 Å². The van der Waals surface area contributed by atoms with Crippen molar-refractivity contribution in [2.75, 3.05) is 26.7 Å². The number of thiophene rings is 2. The number of fused-ring (bicyclic) bond motifs is 3. The van der Waals surface area contributed by atoms with Crippen LogP contribution in [0, 0.1) is 11.8 Å². The molecule has 2 aliphatic carbocycles. The van der Waals surface area contributed by atoms with E-state index in [1.54, 1.807) is 12.1 Å². The number of hydrogen-bond donors (Lipinski definition) is 4. The topological polar surface area (TPSA) is 124 Å². The number of carbonyl (C=O) groups is 1. The minimum absolute atomic E-state index is 0.0432. The van der Waals surface area contributed by atoms with Crippen LogP contribution in [-0.2, 0) is 19.6 Å². The molecule has 2 fully saturated rings. The van der Waals surface area contributed by atoms with Gasteiger partial charge in [0.2, 0.25) is 11.2 Å². The van der Waals surface area contributed by atoms with E-state index in [2.05, 4.69) is 56.1 Å². The average molecular weight is 822 g/mol. The molecule has 0 saturated heterocycles. The highest BCUT2D eigenvalue weighted by Gasteiger charge is 2.53. The Kier molecular flexibility index (Phi) is 14.0. The number of ether oxygens (including phenoxy) is 1. The Morgan fingerprint density at radius 1 is 0.964 bits per heavy atom. The van der Waals surface area contributed by atoms with E-state index in [4.69, 9.17) is 9.16 Å². The van der Waals surface area contributed by atoms with Crippen molar-refractivity contribution in [3.63, 3.8) is 0 Å². The maximum atomic E-state index is 13.7. The van der Waals surface area contributed by atoms with Crippen LogP contribution in [0.4, 0.5) is 0 Å². The molecule has 2 bridgehead atoms. The second-order valence-corrected chi connectivity index (χ2v) is 24.3. The highest BCUT2D eigenvalue weighted by Crippen LogP contribution is 2.49. The first kappa shape index (κ1) is 42.8. The fourth-order valence-electron chi connectivity index (χ4n) is 8.73. The van der Waals surface area contributed by atoms with Crippen LogP contribution in [0.25, 0.3) is 10.9 Å². The zero-order chi connectivity index (χ0) is 40.1. The molecule has 3 heterocycles. The Balaban J connectivity index is 0.897. The highest BCUT2D eigenvalue weighted by molar-refractivity contribution is 7.12. The second-order valence-electron chi connectivity index (χ2n) is 17.6. The molecule has 5 unspecified atom stereocenters. The number of aromatic nitrogens is 1. The van der Waals surface area contributed by atoms with Crippen LogP contribution < -0.4 is 10.9 Å². The smallest absolute Gasteiger partial charge is 0.349 e. The van der Waals surface area contributed by atoms with Gasteiger partial charge < -0.3 is 34.6 Å². The van der Waals surface area contributed by atoms with Crippen LogP contribution in [0.3, 0.4) is 0 Å². The molecule has 0 radical (unpaired) electrons. The molecule has 12 heteroatoms. The normalized spacial score (nSPS) is 20.6. The van der Waals surface area contributed by atoms with E-state index in [-0.39, 0.29) is 28.6 Å². The third-order valence-electron chi connectivity index (χ3n) is 12.8. The van der Waals surface area contributed by atoms with Crippen molar-refractivity contribution in [1.82, 2.24) is 15.2 Å². The predicted molar refractivity (Wildman–Crippen MR) is 231 cm³/mol. The molecule has 9 nitrogen and oxygen atoms in total. The van der Waals surface area contributed by atoms with E-state index in [0.717, 1.165) is 43.3 Å². The van der Waals surface area contributed by atoms with Crippen molar-refractivity contribution < 1.29 is 24.2 Å². The lowest BCUT2D eigenvalue weighted by Gasteiger charge is -2.39. The fraction of sp³-hybridized carbons (Fsp3) is 0.591. The third kappa shape index (κ3) is 9.54. The van der Waals surface area contributed by atoms with Gasteiger partial charge >= 0.3 is 5.97 Å². The quantitative estimate of drug-likeness (QED) is 0.0395. The fourth-order valence-corrected chi connectivity index (χ4v) is 11.7. The summed E-state index contributed by atoms with van der Waals surface area (Å²) < 4.78 is 13.1. The maximum absolute atomic E-state index is 13.7. The Hall–Kier alpha value is -2.84. The van der Waals surface area contributed by atoms with Crippen molar-refractivity contribution >= 4 is 47.9 Å². The standard InChI is InChI=1S/C44H63N3O6S2Si/c1-43(2,3)56(5,6)53-36(31-20-22-34(48)40-32(31)21-23-39(49)46-40)29-45-24-12-10-8-7-9-11-13-25-47(4)41-30-18-19-33(41)35(28-30)52-42(50)44(51,37-16-14-26-54-37)38-17-15-27-55-38/h14-17,20-23,26-27,30,33,35-36,41,45,48,51H,7-13,18-19,24-25,28-29H2,1-6H3,(H,46,49). The van der Waals surface area contributed by atoms with Crippen LogP contribution in [-0.4, -0.2) is 73.2 Å². The van der Waals surface area contributed by atoms with Crippen molar-refractivity contribution in [2.45, 2.75) is 127 Å². The summed E-state index contributed by atoms with van der Waals surface area (Å²) in [5.74, 6) is 0.377. The number of benzene rings is 1. The molecule has 2 saturated carbocycles.